The molecule has 166 valence electrons. The van der Waals surface area contributed by atoms with Crippen molar-refractivity contribution in [3.63, 3.8) is 0 Å². The van der Waals surface area contributed by atoms with Crippen LogP contribution in [0.15, 0.2) is 0 Å². The molecule has 0 saturated heterocycles. The van der Waals surface area contributed by atoms with Crippen LogP contribution in [0.5, 0.6) is 0 Å². The molecule has 0 heterocycles. The average Bonchev–Trinajstić information content (AvgIpc) is 2.92. The predicted octanol–water partition coefficient (Wildman–Crippen LogP) is 6.13. The summed E-state index contributed by atoms with van der Waals surface area (Å²) >= 11 is 0. The highest BCUT2D eigenvalue weighted by atomic mass is 16.5. The maximum Gasteiger partial charge on any atom is 0.311 e. The number of carbonyl (C=O) groups is 1. The third kappa shape index (κ3) is 3.12. The monoisotopic (exact) mass is 404 g/mol. The molecule has 0 bridgehead atoms. The molecule has 0 radical (unpaired) electrons. The Morgan fingerprint density at radius 2 is 1.69 bits per heavy atom. The summed E-state index contributed by atoms with van der Waals surface area (Å²) < 4.78 is 5.95. The molecule has 0 aromatic carbocycles. The van der Waals surface area contributed by atoms with E-state index in [1.807, 2.05) is 20.8 Å². The van der Waals surface area contributed by atoms with Crippen molar-refractivity contribution in [1.82, 2.24) is 0 Å². The first-order valence-corrected chi connectivity index (χ1v) is 12.4. The topological polar surface area (TPSA) is 46.5 Å². The fourth-order valence-corrected chi connectivity index (χ4v) is 8.48. The summed E-state index contributed by atoms with van der Waals surface area (Å²) in [6, 6.07) is 0. The van der Waals surface area contributed by atoms with Crippen LogP contribution >= 0.6 is 0 Å². The molecule has 4 fully saturated rings. The number of fused-ring (bicyclic) bond motifs is 5. The lowest BCUT2D eigenvalue weighted by molar-refractivity contribution is -0.214. The van der Waals surface area contributed by atoms with Gasteiger partial charge in [-0.15, -0.1) is 0 Å². The van der Waals surface area contributed by atoms with Crippen LogP contribution in [0.2, 0.25) is 0 Å². The van der Waals surface area contributed by atoms with Crippen LogP contribution in [-0.2, 0) is 9.53 Å². The molecule has 4 saturated carbocycles. The van der Waals surface area contributed by atoms with E-state index in [2.05, 4.69) is 20.8 Å². The Bertz CT molecular complexity index is 651. The Hall–Kier alpha value is -0.570. The fraction of sp³-hybridized carbons (Fsp3) is 0.962. The SMILES string of the molecule is C[C@H](OC(=O)C(C)(C)C)[C@H]1CC[C@]2(O)[C@@H]3CC[C@@H]4CCCC[C@]4(C)[C@H]3CC[C@]12C. The molecular formula is C26H44O3. The van der Waals surface area contributed by atoms with E-state index in [0.29, 0.717) is 17.3 Å². The van der Waals surface area contributed by atoms with E-state index in [-0.39, 0.29) is 23.4 Å². The Kier molecular flexibility index (Phi) is 5.20. The smallest absolute Gasteiger partial charge is 0.311 e. The van der Waals surface area contributed by atoms with Crippen molar-refractivity contribution in [2.24, 2.45) is 39.9 Å². The van der Waals surface area contributed by atoms with Crippen LogP contribution in [0.25, 0.3) is 0 Å². The van der Waals surface area contributed by atoms with Crippen LogP contribution in [-0.4, -0.2) is 22.8 Å². The van der Waals surface area contributed by atoms with Gasteiger partial charge in [0.25, 0.3) is 0 Å². The van der Waals surface area contributed by atoms with Gasteiger partial charge in [-0.05, 0) is 102 Å². The van der Waals surface area contributed by atoms with Gasteiger partial charge in [-0.2, -0.15) is 0 Å². The van der Waals surface area contributed by atoms with E-state index in [0.717, 1.165) is 25.2 Å². The summed E-state index contributed by atoms with van der Waals surface area (Å²) in [7, 11) is 0. The normalized spacial score (nSPS) is 48.2. The molecule has 1 N–H and O–H groups in total. The number of rotatable bonds is 2. The number of esters is 1. The van der Waals surface area contributed by atoms with Gasteiger partial charge in [-0.1, -0.05) is 26.7 Å². The van der Waals surface area contributed by atoms with Gasteiger partial charge in [0, 0.05) is 11.3 Å². The van der Waals surface area contributed by atoms with Crippen molar-refractivity contribution in [3.8, 4) is 0 Å². The van der Waals surface area contributed by atoms with Crippen LogP contribution < -0.4 is 0 Å². The van der Waals surface area contributed by atoms with E-state index in [1.165, 1.54) is 44.9 Å². The molecule has 3 nitrogen and oxygen atoms in total. The molecule has 4 rings (SSSR count). The summed E-state index contributed by atoms with van der Waals surface area (Å²) in [5.74, 6) is 2.11. The summed E-state index contributed by atoms with van der Waals surface area (Å²) in [6.07, 6.45) is 12.1. The minimum atomic E-state index is -0.589. The molecule has 0 unspecified atom stereocenters. The Morgan fingerprint density at radius 1 is 0.966 bits per heavy atom. The van der Waals surface area contributed by atoms with Crippen LogP contribution in [0.3, 0.4) is 0 Å². The molecule has 0 spiro atoms. The third-order valence-corrected chi connectivity index (χ3v) is 10.3. The molecule has 3 heteroatoms. The van der Waals surface area contributed by atoms with Crippen molar-refractivity contribution >= 4 is 5.97 Å². The van der Waals surface area contributed by atoms with Crippen molar-refractivity contribution in [2.45, 2.75) is 117 Å². The van der Waals surface area contributed by atoms with Gasteiger partial charge >= 0.3 is 5.97 Å². The van der Waals surface area contributed by atoms with Gasteiger partial charge in [-0.3, -0.25) is 4.79 Å². The van der Waals surface area contributed by atoms with Gasteiger partial charge in [0.1, 0.15) is 6.10 Å². The van der Waals surface area contributed by atoms with E-state index in [1.54, 1.807) is 0 Å². The first-order valence-electron chi connectivity index (χ1n) is 12.4. The fourth-order valence-electron chi connectivity index (χ4n) is 8.48. The number of carbonyl (C=O) groups excluding carboxylic acids is 1. The zero-order chi connectivity index (χ0) is 21.2. The maximum atomic E-state index is 12.5. The molecule has 4 aliphatic carbocycles. The first-order chi connectivity index (χ1) is 13.4. The highest BCUT2D eigenvalue weighted by Gasteiger charge is 2.67. The van der Waals surface area contributed by atoms with Crippen LogP contribution in [0, 0.1) is 39.9 Å². The van der Waals surface area contributed by atoms with Gasteiger partial charge in [0.15, 0.2) is 0 Å². The molecule has 8 atom stereocenters. The van der Waals surface area contributed by atoms with Gasteiger partial charge in [-0.25, -0.2) is 0 Å². The van der Waals surface area contributed by atoms with Crippen molar-refractivity contribution < 1.29 is 14.6 Å². The molecular weight excluding hydrogens is 360 g/mol. The second-order valence-electron chi connectivity index (χ2n) is 12.6. The molecule has 0 aliphatic heterocycles. The molecule has 0 aromatic heterocycles. The zero-order valence-electron chi connectivity index (χ0n) is 19.7. The number of hydrogen-bond acceptors (Lipinski definition) is 3. The van der Waals surface area contributed by atoms with Gasteiger partial charge in [0.05, 0.1) is 11.0 Å². The second-order valence-corrected chi connectivity index (χ2v) is 12.6. The summed E-state index contributed by atoms with van der Waals surface area (Å²) in [5.41, 5.74) is -0.770. The number of ether oxygens (including phenoxy) is 1. The summed E-state index contributed by atoms with van der Waals surface area (Å²) in [4.78, 5) is 12.5. The summed E-state index contributed by atoms with van der Waals surface area (Å²) in [6.45, 7) is 12.7. The highest BCUT2D eigenvalue weighted by Crippen LogP contribution is 2.69. The molecule has 0 amide bonds. The first kappa shape index (κ1) is 21.7. The minimum Gasteiger partial charge on any atom is -0.462 e. The lowest BCUT2D eigenvalue weighted by Crippen LogP contribution is -2.62. The zero-order valence-corrected chi connectivity index (χ0v) is 19.7. The molecule has 29 heavy (non-hydrogen) atoms. The minimum absolute atomic E-state index is 0.118. The lowest BCUT2D eigenvalue weighted by Gasteiger charge is -2.63. The lowest BCUT2D eigenvalue weighted by atomic mass is 9.43. The van der Waals surface area contributed by atoms with E-state index >= 15 is 0 Å². The Labute approximate surface area is 178 Å². The van der Waals surface area contributed by atoms with E-state index in [4.69, 9.17) is 4.74 Å². The van der Waals surface area contributed by atoms with E-state index in [9.17, 15) is 9.90 Å². The van der Waals surface area contributed by atoms with Gasteiger partial charge < -0.3 is 9.84 Å². The number of aliphatic hydroxyl groups is 1. The predicted molar refractivity (Wildman–Crippen MR) is 116 cm³/mol. The third-order valence-electron chi connectivity index (χ3n) is 10.3. The Balaban J connectivity index is 1.57. The van der Waals surface area contributed by atoms with Crippen LogP contribution in [0.1, 0.15) is 106 Å². The molecule has 4 aliphatic rings. The molecule has 0 aromatic rings. The maximum absolute atomic E-state index is 12.5. The highest BCUT2D eigenvalue weighted by molar-refractivity contribution is 5.75. The van der Waals surface area contributed by atoms with Crippen molar-refractivity contribution in [3.05, 3.63) is 0 Å². The van der Waals surface area contributed by atoms with Crippen LogP contribution in [0.4, 0.5) is 0 Å². The standard InChI is InChI=1S/C26H44O3/c1-17(29-22(27)23(2,3)4)19-13-16-26(28)21-11-10-18-9-7-8-14-24(18,5)20(21)12-15-25(19,26)6/h17-21,28H,7-16H2,1-6H3/t17-,18-,19+,20-,21+,24-,25+,26-/m0/s1. The second kappa shape index (κ2) is 6.97. The quantitative estimate of drug-likeness (QED) is 0.563. The number of hydrogen-bond donors (Lipinski definition) is 1. The summed E-state index contributed by atoms with van der Waals surface area (Å²) in [5, 5.41) is 12.2. The van der Waals surface area contributed by atoms with Gasteiger partial charge in [0.2, 0.25) is 0 Å². The average molecular weight is 405 g/mol. The largest absolute Gasteiger partial charge is 0.462 e. The van der Waals surface area contributed by atoms with Crippen molar-refractivity contribution in [2.75, 3.05) is 0 Å². The van der Waals surface area contributed by atoms with Crippen molar-refractivity contribution in [1.29, 1.82) is 0 Å². The Morgan fingerprint density at radius 3 is 2.38 bits per heavy atom. The van der Waals surface area contributed by atoms with E-state index < -0.39 is 11.0 Å².